The topological polar surface area (TPSA) is 117 Å². The highest BCUT2D eigenvalue weighted by Gasteiger charge is 2.22. The molecule has 0 aliphatic heterocycles. The van der Waals surface area contributed by atoms with Gasteiger partial charge in [-0.1, -0.05) is 0 Å². The van der Waals surface area contributed by atoms with E-state index in [-0.39, 0.29) is 18.6 Å². The third-order valence-corrected chi connectivity index (χ3v) is 2.00. The highest BCUT2D eigenvalue weighted by molar-refractivity contribution is 5.94. The molecular weight excluding hydrogens is 230 g/mol. The van der Waals surface area contributed by atoms with Crippen molar-refractivity contribution >= 4 is 17.8 Å². The summed E-state index contributed by atoms with van der Waals surface area (Å²) in [6.45, 7) is 0. The molecule has 0 spiro atoms. The lowest BCUT2D eigenvalue weighted by molar-refractivity contribution is -0.140. The molecule has 7 heteroatoms. The van der Waals surface area contributed by atoms with Gasteiger partial charge in [-0.2, -0.15) is 0 Å². The molecule has 1 aromatic rings. The van der Waals surface area contributed by atoms with E-state index in [1.165, 1.54) is 18.4 Å². The molecule has 0 radical (unpaired) electrons. The van der Waals surface area contributed by atoms with Crippen LogP contribution >= 0.6 is 0 Å². The first kappa shape index (κ1) is 12.8. The lowest BCUT2D eigenvalue weighted by Crippen LogP contribution is -2.40. The van der Waals surface area contributed by atoms with Crippen molar-refractivity contribution in [2.24, 2.45) is 0 Å². The fourth-order valence-corrected chi connectivity index (χ4v) is 1.16. The summed E-state index contributed by atoms with van der Waals surface area (Å²) >= 11 is 0. The summed E-state index contributed by atoms with van der Waals surface area (Å²) in [6.07, 6.45) is 0.758. The maximum Gasteiger partial charge on any atom is 0.326 e. The van der Waals surface area contributed by atoms with Gasteiger partial charge in [-0.3, -0.25) is 9.59 Å². The lowest BCUT2D eigenvalue weighted by atomic mass is 10.1. The summed E-state index contributed by atoms with van der Waals surface area (Å²) in [5.74, 6) is -3.12. The Hall–Kier alpha value is -2.31. The van der Waals surface area contributed by atoms with Crippen molar-refractivity contribution in [2.75, 3.05) is 0 Å². The molecule has 0 aliphatic carbocycles. The Morgan fingerprint density at radius 2 is 2.06 bits per heavy atom. The van der Waals surface area contributed by atoms with Gasteiger partial charge in [0.1, 0.15) is 6.04 Å². The number of rotatable bonds is 6. The maximum absolute atomic E-state index is 11.4. The Kier molecular flexibility index (Phi) is 4.27. The second kappa shape index (κ2) is 5.69. The van der Waals surface area contributed by atoms with Crippen LogP contribution in [0, 0.1) is 0 Å². The molecule has 1 atom stereocenters. The first-order valence-electron chi connectivity index (χ1n) is 4.79. The fourth-order valence-electron chi connectivity index (χ4n) is 1.16. The number of hydrogen-bond donors (Lipinski definition) is 3. The third kappa shape index (κ3) is 3.98. The minimum atomic E-state index is -1.29. The highest BCUT2D eigenvalue weighted by Crippen LogP contribution is 2.03. The van der Waals surface area contributed by atoms with Crippen LogP contribution < -0.4 is 5.32 Å². The van der Waals surface area contributed by atoms with Crippen molar-refractivity contribution in [3.63, 3.8) is 0 Å². The maximum atomic E-state index is 11.4. The number of carboxylic acid groups (broad SMARTS) is 2. The Balaban J connectivity index is 2.58. The number of amides is 1. The van der Waals surface area contributed by atoms with Crippen LogP contribution in [0.5, 0.6) is 0 Å². The predicted octanol–water partition coefficient (Wildman–Crippen LogP) is 0.327. The number of aliphatic carboxylic acids is 2. The smallest absolute Gasteiger partial charge is 0.326 e. The van der Waals surface area contributed by atoms with E-state index in [0.29, 0.717) is 0 Å². The van der Waals surface area contributed by atoms with E-state index in [1.54, 1.807) is 0 Å². The second-order valence-corrected chi connectivity index (χ2v) is 3.27. The average Bonchev–Trinajstić information content (AvgIpc) is 2.76. The summed E-state index contributed by atoms with van der Waals surface area (Å²) in [5, 5.41) is 19.4. The summed E-state index contributed by atoms with van der Waals surface area (Å²) in [4.78, 5) is 32.5. The van der Waals surface area contributed by atoms with Gasteiger partial charge in [0.15, 0.2) is 5.76 Å². The molecule has 0 aromatic carbocycles. The molecule has 3 N–H and O–H groups in total. The molecule has 0 saturated heterocycles. The van der Waals surface area contributed by atoms with E-state index in [4.69, 9.17) is 14.6 Å². The molecule has 0 unspecified atom stereocenters. The minimum Gasteiger partial charge on any atom is -0.481 e. The standard InChI is InChI=1S/C10H11NO6/c12-8(13)4-3-6(10(15)16)11-9(14)7-2-1-5-17-7/h1-2,5-6H,3-4H2,(H,11,14)(H,12,13)(H,15,16)/t6-/m0/s1. The monoisotopic (exact) mass is 241 g/mol. The van der Waals surface area contributed by atoms with Crippen LogP contribution in [-0.4, -0.2) is 34.1 Å². The Bertz CT molecular complexity index is 410. The quantitative estimate of drug-likeness (QED) is 0.660. The van der Waals surface area contributed by atoms with Gasteiger partial charge >= 0.3 is 11.9 Å². The number of nitrogens with one attached hydrogen (secondary N) is 1. The molecule has 1 amide bonds. The van der Waals surface area contributed by atoms with E-state index < -0.39 is 23.9 Å². The first-order chi connectivity index (χ1) is 8.00. The van der Waals surface area contributed by atoms with Crippen LogP contribution in [0.25, 0.3) is 0 Å². The Morgan fingerprint density at radius 3 is 2.53 bits per heavy atom. The van der Waals surface area contributed by atoms with Crippen LogP contribution in [0.3, 0.4) is 0 Å². The van der Waals surface area contributed by atoms with Gasteiger partial charge in [-0.05, 0) is 18.6 Å². The number of carbonyl (C=O) groups is 3. The zero-order chi connectivity index (χ0) is 12.8. The normalized spacial score (nSPS) is 11.8. The van der Waals surface area contributed by atoms with Gasteiger partial charge in [-0.15, -0.1) is 0 Å². The molecule has 0 bridgehead atoms. The van der Waals surface area contributed by atoms with Crippen LogP contribution in [0.2, 0.25) is 0 Å². The second-order valence-electron chi connectivity index (χ2n) is 3.27. The van der Waals surface area contributed by atoms with Crippen LogP contribution in [-0.2, 0) is 9.59 Å². The number of hydrogen-bond acceptors (Lipinski definition) is 4. The Morgan fingerprint density at radius 1 is 1.35 bits per heavy atom. The molecule has 0 fully saturated rings. The van der Waals surface area contributed by atoms with Gasteiger partial charge < -0.3 is 19.9 Å². The molecule has 1 aromatic heterocycles. The molecule has 17 heavy (non-hydrogen) atoms. The van der Waals surface area contributed by atoms with Gasteiger partial charge in [0.2, 0.25) is 0 Å². The molecular formula is C10H11NO6. The zero-order valence-corrected chi connectivity index (χ0v) is 8.75. The van der Waals surface area contributed by atoms with Crippen LogP contribution in [0.15, 0.2) is 22.8 Å². The molecule has 1 rings (SSSR count). The van der Waals surface area contributed by atoms with Gasteiger partial charge in [0.25, 0.3) is 5.91 Å². The van der Waals surface area contributed by atoms with E-state index in [9.17, 15) is 14.4 Å². The van der Waals surface area contributed by atoms with Crippen molar-refractivity contribution < 1.29 is 29.0 Å². The van der Waals surface area contributed by atoms with Crippen molar-refractivity contribution in [1.82, 2.24) is 5.32 Å². The Labute approximate surface area is 96.0 Å². The summed E-state index contributed by atoms with van der Waals surface area (Å²) in [7, 11) is 0. The van der Waals surface area contributed by atoms with Gasteiger partial charge in [-0.25, -0.2) is 4.79 Å². The molecule has 92 valence electrons. The largest absolute Gasteiger partial charge is 0.481 e. The summed E-state index contributed by atoms with van der Waals surface area (Å²) in [5.41, 5.74) is 0. The third-order valence-electron chi connectivity index (χ3n) is 2.00. The SMILES string of the molecule is O=C(O)CC[C@H](NC(=O)c1ccco1)C(=O)O. The van der Waals surface area contributed by atoms with Gasteiger partial charge in [0.05, 0.1) is 6.26 Å². The highest BCUT2D eigenvalue weighted by atomic mass is 16.4. The molecule has 7 nitrogen and oxygen atoms in total. The van der Waals surface area contributed by atoms with E-state index >= 15 is 0 Å². The van der Waals surface area contributed by atoms with Crippen LogP contribution in [0.1, 0.15) is 23.4 Å². The molecule has 1 heterocycles. The fraction of sp³-hybridized carbons (Fsp3) is 0.300. The minimum absolute atomic E-state index is 0.0217. The van der Waals surface area contributed by atoms with E-state index in [0.717, 1.165) is 0 Å². The van der Waals surface area contributed by atoms with Crippen LogP contribution in [0.4, 0.5) is 0 Å². The lowest BCUT2D eigenvalue weighted by Gasteiger charge is -2.12. The van der Waals surface area contributed by atoms with E-state index in [2.05, 4.69) is 5.32 Å². The predicted molar refractivity (Wildman–Crippen MR) is 54.5 cm³/mol. The average molecular weight is 241 g/mol. The molecule has 0 saturated carbocycles. The van der Waals surface area contributed by atoms with E-state index in [1.807, 2.05) is 0 Å². The van der Waals surface area contributed by atoms with Crippen molar-refractivity contribution in [3.05, 3.63) is 24.2 Å². The van der Waals surface area contributed by atoms with Crippen molar-refractivity contribution in [1.29, 1.82) is 0 Å². The van der Waals surface area contributed by atoms with Gasteiger partial charge in [0, 0.05) is 6.42 Å². The molecule has 0 aliphatic rings. The van der Waals surface area contributed by atoms with Crippen molar-refractivity contribution in [2.45, 2.75) is 18.9 Å². The van der Waals surface area contributed by atoms with Crippen molar-refractivity contribution in [3.8, 4) is 0 Å². The number of carboxylic acids is 2. The number of carbonyl (C=O) groups excluding carboxylic acids is 1. The summed E-state index contributed by atoms with van der Waals surface area (Å²) < 4.78 is 4.78. The first-order valence-corrected chi connectivity index (χ1v) is 4.79. The zero-order valence-electron chi connectivity index (χ0n) is 8.75. The number of furan rings is 1. The summed E-state index contributed by atoms with van der Waals surface area (Å²) in [6, 6.07) is 1.62.